The summed E-state index contributed by atoms with van der Waals surface area (Å²) in [6.45, 7) is 4.30. The van der Waals surface area contributed by atoms with E-state index in [1.165, 1.54) is 11.1 Å². The van der Waals surface area contributed by atoms with Gasteiger partial charge in [0.25, 0.3) is 0 Å². The van der Waals surface area contributed by atoms with Gasteiger partial charge in [0.15, 0.2) is 0 Å². The average Bonchev–Trinajstić information content (AvgIpc) is 3.07. The van der Waals surface area contributed by atoms with Crippen molar-refractivity contribution < 1.29 is 14.7 Å². The van der Waals surface area contributed by atoms with Crippen LogP contribution in [0, 0.1) is 0 Å². The van der Waals surface area contributed by atoms with Gasteiger partial charge in [0.2, 0.25) is 11.8 Å². The molecule has 1 fully saturated rings. The molecule has 6 heteroatoms. The largest absolute Gasteiger partial charge is 0.395 e. The number of hydrogen-bond donors (Lipinski definition) is 2. The number of nitrogens with one attached hydrogen (secondary N) is 1. The molecular formula is C20H29N3O3. The molecule has 1 aromatic carbocycles. The minimum atomic E-state index is -0.423. The number of aliphatic hydroxyl groups excluding tert-OH is 1. The van der Waals surface area contributed by atoms with E-state index >= 15 is 0 Å². The van der Waals surface area contributed by atoms with Gasteiger partial charge in [-0.05, 0) is 30.4 Å². The number of nitrogens with zero attached hydrogens (tertiary/aromatic N) is 2. The van der Waals surface area contributed by atoms with Crippen LogP contribution in [-0.2, 0) is 22.4 Å². The van der Waals surface area contributed by atoms with E-state index < -0.39 is 6.04 Å². The third-order valence-electron chi connectivity index (χ3n) is 5.45. The molecule has 2 aliphatic rings. The number of piperazine rings is 1. The highest BCUT2D eigenvalue weighted by Crippen LogP contribution is 2.28. The zero-order valence-corrected chi connectivity index (χ0v) is 15.5. The second-order valence-corrected chi connectivity index (χ2v) is 7.18. The monoisotopic (exact) mass is 359 g/mol. The van der Waals surface area contributed by atoms with E-state index in [-0.39, 0.29) is 30.9 Å². The van der Waals surface area contributed by atoms with Gasteiger partial charge in [0.05, 0.1) is 19.1 Å². The molecule has 1 saturated heterocycles. The van der Waals surface area contributed by atoms with Crippen molar-refractivity contribution in [2.45, 2.75) is 44.7 Å². The zero-order valence-electron chi connectivity index (χ0n) is 15.5. The average molecular weight is 359 g/mol. The molecule has 6 nitrogen and oxygen atoms in total. The van der Waals surface area contributed by atoms with Crippen LogP contribution < -0.4 is 5.32 Å². The number of amides is 2. The minimum Gasteiger partial charge on any atom is -0.395 e. The fourth-order valence-electron chi connectivity index (χ4n) is 4.20. The number of rotatable bonds is 7. The molecule has 2 N–H and O–H groups in total. The van der Waals surface area contributed by atoms with E-state index in [4.69, 9.17) is 0 Å². The quantitative estimate of drug-likeness (QED) is 0.747. The predicted molar refractivity (Wildman–Crippen MR) is 99.7 cm³/mol. The predicted octanol–water partition coefficient (Wildman–Crippen LogP) is 0.575. The van der Waals surface area contributed by atoms with Crippen LogP contribution in [0.3, 0.4) is 0 Å². The van der Waals surface area contributed by atoms with Gasteiger partial charge in [-0.25, -0.2) is 0 Å². The van der Waals surface area contributed by atoms with E-state index in [0.717, 1.165) is 25.8 Å². The van der Waals surface area contributed by atoms with E-state index in [0.29, 0.717) is 19.6 Å². The summed E-state index contributed by atoms with van der Waals surface area (Å²) in [4.78, 5) is 29.2. The Morgan fingerprint density at radius 3 is 2.58 bits per heavy atom. The van der Waals surface area contributed by atoms with Gasteiger partial charge in [0, 0.05) is 32.2 Å². The summed E-state index contributed by atoms with van der Waals surface area (Å²) >= 11 is 0. The van der Waals surface area contributed by atoms with Gasteiger partial charge in [-0.15, -0.1) is 0 Å². The Morgan fingerprint density at radius 2 is 1.96 bits per heavy atom. The van der Waals surface area contributed by atoms with Crippen LogP contribution in [0.5, 0.6) is 0 Å². The Hall–Kier alpha value is -1.92. The van der Waals surface area contributed by atoms with Crippen molar-refractivity contribution in [3.63, 3.8) is 0 Å². The van der Waals surface area contributed by atoms with Gasteiger partial charge >= 0.3 is 0 Å². The molecule has 1 aromatic rings. The Balaban J connectivity index is 1.71. The van der Waals surface area contributed by atoms with Crippen LogP contribution in [0.1, 0.15) is 30.9 Å². The highest BCUT2D eigenvalue weighted by Gasteiger charge is 2.38. The molecule has 0 spiro atoms. The third-order valence-corrected chi connectivity index (χ3v) is 5.45. The third kappa shape index (κ3) is 4.07. The summed E-state index contributed by atoms with van der Waals surface area (Å²) in [5.74, 6) is -0.107. The van der Waals surface area contributed by atoms with Crippen molar-refractivity contribution in [2.75, 3.05) is 32.8 Å². The van der Waals surface area contributed by atoms with Crippen molar-refractivity contribution in [1.29, 1.82) is 0 Å². The van der Waals surface area contributed by atoms with Crippen molar-refractivity contribution in [3.05, 3.63) is 35.4 Å². The van der Waals surface area contributed by atoms with Crippen LogP contribution >= 0.6 is 0 Å². The van der Waals surface area contributed by atoms with E-state index in [1.807, 2.05) is 6.92 Å². The molecule has 1 aliphatic heterocycles. The number of hydrogen-bond acceptors (Lipinski definition) is 4. The molecule has 1 heterocycles. The zero-order chi connectivity index (χ0) is 18.5. The summed E-state index contributed by atoms with van der Waals surface area (Å²) in [6, 6.07) is 8.28. The Labute approximate surface area is 155 Å². The first-order valence-corrected chi connectivity index (χ1v) is 9.63. The van der Waals surface area contributed by atoms with Crippen LogP contribution in [0.25, 0.3) is 0 Å². The Kier molecular flexibility index (Phi) is 6.27. The lowest BCUT2D eigenvalue weighted by molar-refractivity contribution is -0.140. The maximum atomic E-state index is 12.7. The summed E-state index contributed by atoms with van der Waals surface area (Å²) < 4.78 is 0. The summed E-state index contributed by atoms with van der Waals surface area (Å²) in [5.41, 5.74) is 2.70. The molecule has 0 saturated carbocycles. The second-order valence-electron chi connectivity index (χ2n) is 7.18. The molecule has 0 bridgehead atoms. The molecule has 0 aromatic heterocycles. The standard InChI is InChI=1S/C20H29N3O3/c1-2-8-22(10-11-24)19(25)14-18-20(26)21-7-9-23(18)17-12-15-5-3-4-6-16(15)13-17/h3-6,17-18,24H,2,7-14H2,1H3,(H,21,26). The highest BCUT2D eigenvalue weighted by molar-refractivity contribution is 5.89. The first-order valence-electron chi connectivity index (χ1n) is 9.63. The topological polar surface area (TPSA) is 72.9 Å². The van der Waals surface area contributed by atoms with Gasteiger partial charge in [-0.1, -0.05) is 31.2 Å². The van der Waals surface area contributed by atoms with Crippen molar-refractivity contribution >= 4 is 11.8 Å². The molecule has 26 heavy (non-hydrogen) atoms. The van der Waals surface area contributed by atoms with Crippen molar-refractivity contribution in [1.82, 2.24) is 15.1 Å². The Morgan fingerprint density at radius 1 is 1.27 bits per heavy atom. The van der Waals surface area contributed by atoms with Crippen molar-refractivity contribution in [3.8, 4) is 0 Å². The molecule has 1 unspecified atom stereocenters. The minimum absolute atomic E-state index is 0.0513. The normalized spacial score (nSPS) is 20.7. The lowest BCUT2D eigenvalue weighted by Gasteiger charge is -2.39. The first-order chi connectivity index (χ1) is 12.6. The molecule has 1 aliphatic carbocycles. The van der Waals surface area contributed by atoms with E-state index in [9.17, 15) is 14.7 Å². The lowest BCUT2D eigenvalue weighted by atomic mass is 10.0. The van der Waals surface area contributed by atoms with Crippen LogP contribution in [0.15, 0.2) is 24.3 Å². The molecule has 1 atom stereocenters. The van der Waals surface area contributed by atoms with Crippen LogP contribution in [0.4, 0.5) is 0 Å². The van der Waals surface area contributed by atoms with E-state index in [2.05, 4.69) is 34.5 Å². The fourth-order valence-corrected chi connectivity index (χ4v) is 4.20. The van der Waals surface area contributed by atoms with Gasteiger partial charge in [-0.2, -0.15) is 0 Å². The Bertz CT molecular complexity index is 618. The number of aliphatic hydroxyl groups is 1. The summed E-state index contributed by atoms with van der Waals surface area (Å²) in [6.07, 6.45) is 2.88. The SMILES string of the molecule is CCCN(CCO)C(=O)CC1C(=O)NCCN1C1Cc2ccccc2C1. The van der Waals surface area contributed by atoms with Gasteiger partial charge in [0.1, 0.15) is 0 Å². The summed E-state index contributed by atoms with van der Waals surface area (Å²) in [7, 11) is 0. The van der Waals surface area contributed by atoms with Gasteiger partial charge in [-0.3, -0.25) is 14.5 Å². The molecule has 0 radical (unpaired) electrons. The maximum absolute atomic E-state index is 12.7. The molecule has 2 amide bonds. The number of carbonyl (C=O) groups is 2. The highest BCUT2D eigenvalue weighted by atomic mass is 16.3. The molecular weight excluding hydrogens is 330 g/mol. The summed E-state index contributed by atoms with van der Waals surface area (Å²) in [5, 5.41) is 12.1. The van der Waals surface area contributed by atoms with Crippen LogP contribution in [-0.4, -0.2) is 71.6 Å². The number of carbonyl (C=O) groups excluding carboxylic acids is 2. The first kappa shape index (κ1) is 18.9. The fraction of sp³-hybridized carbons (Fsp3) is 0.600. The maximum Gasteiger partial charge on any atom is 0.237 e. The lowest BCUT2D eigenvalue weighted by Crippen LogP contribution is -2.60. The number of benzene rings is 1. The molecule has 3 rings (SSSR count). The van der Waals surface area contributed by atoms with Gasteiger partial charge < -0.3 is 15.3 Å². The van der Waals surface area contributed by atoms with Crippen LogP contribution in [0.2, 0.25) is 0 Å². The molecule has 142 valence electrons. The van der Waals surface area contributed by atoms with E-state index in [1.54, 1.807) is 4.90 Å². The number of fused-ring (bicyclic) bond motifs is 1. The smallest absolute Gasteiger partial charge is 0.237 e. The second kappa shape index (κ2) is 8.64. The van der Waals surface area contributed by atoms with Crippen molar-refractivity contribution in [2.24, 2.45) is 0 Å².